The summed E-state index contributed by atoms with van der Waals surface area (Å²) in [4.78, 5) is 15.1. The zero-order valence-electron chi connectivity index (χ0n) is 17.2. The van der Waals surface area contributed by atoms with E-state index >= 15 is 0 Å². The van der Waals surface area contributed by atoms with Gasteiger partial charge >= 0.3 is 0 Å². The molecule has 0 bridgehead atoms. The average Bonchev–Trinajstić information content (AvgIpc) is 2.65. The minimum atomic E-state index is -3.63. The van der Waals surface area contributed by atoms with Gasteiger partial charge in [-0.1, -0.05) is 24.3 Å². The van der Waals surface area contributed by atoms with Gasteiger partial charge in [0.25, 0.3) is 5.91 Å². The van der Waals surface area contributed by atoms with Gasteiger partial charge in [-0.3, -0.25) is 4.79 Å². The van der Waals surface area contributed by atoms with Crippen LogP contribution in [0.1, 0.15) is 27.0 Å². The molecule has 2 aromatic carbocycles. The molecule has 1 N–H and O–H groups in total. The van der Waals surface area contributed by atoms with Crippen LogP contribution in [0.4, 0.5) is 5.69 Å². The Hall–Kier alpha value is -1.93. The summed E-state index contributed by atoms with van der Waals surface area (Å²) in [6, 6.07) is 10.7. The number of nitrogens with one attached hydrogen (secondary N) is 1. The molecular formula is C21H28ClN3O3S. The van der Waals surface area contributed by atoms with E-state index in [1.165, 1.54) is 10.4 Å². The topological polar surface area (TPSA) is 69.7 Å². The van der Waals surface area contributed by atoms with E-state index in [2.05, 4.69) is 10.2 Å². The molecule has 0 aromatic heterocycles. The molecule has 1 amide bonds. The lowest BCUT2D eigenvalue weighted by molar-refractivity contribution is 0.102. The van der Waals surface area contributed by atoms with Crippen LogP contribution in [0.15, 0.2) is 41.3 Å². The Labute approximate surface area is 179 Å². The highest BCUT2D eigenvalue weighted by atomic mass is 35.5. The predicted molar refractivity (Wildman–Crippen MR) is 119 cm³/mol. The number of likely N-dealkylation sites (N-methyl/N-ethyl adjacent to an activating group) is 1. The molecule has 1 heterocycles. The normalized spacial score (nSPS) is 15.6. The Balaban J connectivity index is 0.00000300. The van der Waals surface area contributed by atoms with Crippen molar-refractivity contribution in [2.75, 3.05) is 38.5 Å². The Morgan fingerprint density at radius 3 is 2.10 bits per heavy atom. The molecule has 8 heteroatoms. The zero-order chi connectivity index (χ0) is 20.5. The summed E-state index contributed by atoms with van der Waals surface area (Å²) < 4.78 is 27.8. The van der Waals surface area contributed by atoms with E-state index in [9.17, 15) is 13.2 Å². The third kappa shape index (κ3) is 4.98. The number of carbonyl (C=O) groups excluding carboxylic acids is 1. The summed E-state index contributed by atoms with van der Waals surface area (Å²) >= 11 is 0. The summed E-state index contributed by atoms with van der Waals surface area (Å²) in [5.74, 6) is -0.313. The lowest BCUT2D eigenvalue weighted by atomic mass is 10.1. The van der Waals surface area contributed by atoms with Crippen LogP contribution in [0.2, 0.25) is 0 Å². The monoisotopic (exact) mass is 437 g/mol. The lowest BCUT2D eigenvalue weighted by Crippen LogP contribution is -2.47. The summed E-state index contributed by atoms with van der Waals surface area (Å²) in [6.45, 7) is 7.93. The number of halogens is 1. The smallest absolute Gasteiger partial charge is 0.255 e. The average molecular weight is 438 g/mol. The van der Waals surface area contributed by atoms with Crippen molar-refractivity contribution in [2.24, 2.45) is 0 Å². The fourth-order valence-electron chi connectivity index (χ4n) is 3.38. The molecule has 0 spiro atoms. The van der Waals surface area contributed by atoms with E-state index in [1.54, 1.807) is 19.1 Å². The number of sulfonamides is 1. The Morgan fingerprint density at radius 2 is 1.52 bits per heavy atom. The highest BCUT2D eigenvalue weighted by molar-refractivity contribution is 7.89. The molecule has 3 rings (SSSR count). The molecule has 1 saturated heterocycles. The number of nitrogens with zero attached hydrogens (tertiary/aromatic N) is 2. The largest absolute Gasteiger partial charge is 0.322 e. The predicted octanol–water partition coefficient (Wildman–Crippen LogP) is 3.22. The Morgan fingerprint density at radius 1 is 0.931 bits per heavy atom. The number of carbonyl (C=O) groups is 1. The number of rotatable bonds is 4. The first-order chi connectivity index (χ1) is 13.2. The van der Waals surface area contributed by atoms with E-state index in [4.69, 9.17) is 0 Å². The highest BCUT2D eigenvalue weighted by Gasteiger charge is 2.29. The number of aryl methyl sites for hydroxylation is 3. The second-order valence-electron chi connectivity index (χ2n) is 7.41. The number of para-hydroxylation sites is 1. The summed E-state index contributed by atoms with van der Waals surface area (Å²) in [6.07, 6.45) is 0. The first-order valence-electron chi connectivity index (χ1n) is 9.37. The van der Waals surface area contributed by atoms with Crippen LogP contribution in [-0.2, 0) is 10.0 Å². The van der Waals surface area contributed by atoms with E-state index in [-0.39, 0.29) is 23.2 Å². The second-order valence-corrected chi connectivity index (χ2v) is 9.31. The first-order valence-corrected chi connectivity index (χ1v) is 10.8. The van der Waals surface area contributed by atoms with Gasteiger partial charge in [0.15, 0.2) is 0 Å². The molecule has 1 aliphatic rings. The van der Waals surface area contributed by atoms with Crippen molar-refractivity contribution in [3.8, 4) is 0 Å². The fraction of sp³-hybridized carbons (Fsp3) is 0.381. The van der Waals surface area contributed by atoms with E-state index in [1.807, 2.05) is 39.1 Å². The maximum Gasteiger partial charge on any atom is 0.255 e. The molecule has 158 valence electrons. The SMILES string of the molecule is Cc1ccc(C(=O)Nc2c(C)cccc2C)cc1S(=O)(=O)N1CCN(C)CC1.Cl. The molecule has 1 fully saturated rings. The van der Waals surface area contributed by atoms with Crippen molar-refractivity contribution in [2.45, 2.75) is 25.7 Å². The van der Waals surface area contributed by atoms with Crippen LogP contribution < -0.4 is 5.32 Å². The molecule has 0 atom stereocenters. The van der Waals surface area contributed by atoms with Gasteiger partial charge in [0, 0.05) is 37.4 Å². The van der Waals surface area contributed by atoms with E-state index in [0.29, 0.717) is 37.3 Å². The van der Waals surface area contributed by atoms with Crippen molar-refractivity contribution in [1.82, 2.24) is 9.21 Å². The number of anilines is 1. The minimum absolute atomic E-state index is 0. The van der Waals surface area contributed by atoms with E-state index < -0.39 is 10.0 Å². The second kappa shape index (κ2) is 9.26. The minimum Gasteiger partial charge on any atom is -0.322 e. The van der Waals surface area contributed by atoms with Crippen molar-refractivity contribution in [3.63, 3.8) is 0 Å². The molecule has 1 aliphatic heterocycles. The van der Waals surface area contributed by atoms with Gasteiger partial charge in [0.1, 0.15) is 0 Å². The number of amides is 1. The van der Waals surface area contributed by atoms with E-state index in [0.717, 1.165) is 16.8 Å². The molecule has 6 nitrogen and oxygen atoms in total. The van der Waals surface area contributed by atoms with Gasteiger partial charge in [-0.25, -0.2) is 8.42 Å². The maximum atomic E-state index is 13.1. The summed E-state index contributed by atoms with van der Waals surface area (Å²) in [7, 11) is -1.65. The van der Waals surface area contributed by atoms with Crippen LogP contribution in [0, 0.1) is 20.8 Å². The summed E-state index contributed by atoms with van der Waals surface area (Å²) in [5, 5.41) is 2.92. The first kappa shape index (κ1) is 23.3. The standard InChI is InChI=1S/C21H27N3O3S.ClH/c1-15-8-9-18(21(25)22-20-16(2)6-5-7-17(20)3)14-19(15)28(26,27)24-12-10-23(4)11-13-24;/h5-9,14H,10-13H2,1-4H3,(H,22,25);1H. The van der Waals surface area contributed by atoms with Gasteiger partial charge in [0.05, 0.1) is 4.90 Å². The molecule has 0 aliphatic carbocycles. The van der Waals surface area contributed by atoms with Gasteiger partial charge in [-0.05, 0) is 56.6 Å². The van der Waals surface area contributed by atoms with Crippen LogP contribution in [-0.4, -0.2) is 56.8 Å². The highest BCUT2D eigenvalue weighted by Crippen LogP contribution is 2.24. The van der Waals surface area contributed by atoms with Crippen molar-refractivity contribution >= 4 is 34.0 Å². The van der Waals surface area contributed by atoms with Gasteiger partial charge in [0.2, 0.25) is 10.0 Å². The third-order valence-corrected chi connectivity index (χ3v) is 7.29. The van der Waals surface area contributed by atoms with Gasteiger partial charge in [-0.2, -0.15) is 4.31 Å². The zero-order valence-corrected chi connectivity index (χ0v) is 18.9. The van der Waals surface area contributed by atoms with Crippen molar-refractivity contribution in [3.05, 3.63) is 58.7 Å². The summed E-state index contributed by atoms with van der Waals surface area (Å²) in [5.41, 5.74) is 3.66. The fourth-order valence-corrected chi connectivity index (χ4v) is 5.06. The van der Waals surface area contributed by atoms with Crippen molar-refractivity contribution in [1.29, 1.82) is 0 Å². The molecule has 29 heavy (non-hydrogen) atoms. The van der Waals surface area contributed by atoms with Gasteiger partial charge in [-0.15, -0.1) is 12.4 Å². The molecule has 0 radical (unpaired) electrons. The van der Waals surface area contributed by atoms with Gasteiger partial charge < -0.3 is 10.2 Å². The molecular weight excluding hydrogens is 410 g/mol. The molecule has 2 aromatic rings. The number of hydrogen-bond donors (Lipinski definition) is 1. The molecule has 0 saturated carbocycles. The number of piperazine rings is 1. The van der Waals surface area contributed by atoms with Crippen LogP contribution >= 0.6 is 12.4 Å². The third-order valence-electron chi connectivity index (χ3n) is 5.25. The number of benzene rings is 2. The molecule has 0 unspecified atom stereocenters. The lowest BCUT2D eigenvalue weighted by Gasteiger charge is -2.32. The van der Waals surface area contributed by atoms with Crippen LogP contribution in [0.3, 0.4) is 0 Å². The van der Waals surface area contributed by atoms with Crippen LogP contribution in [0.25, 0.3) is 0 Å². The Bertz CT molecular complexity index is 980. The number of hydrogen-bond acceptors (Lipinski definition) is 4. The van der Waals surface area contributed by atoms with Crippen molar-refractivity contribution < 1.29 is 13.2 Å². The maximum absolute atomic E-state index is 13.1. The van der Waals surface area contributed by atoms with Crippen LogP contribution in [0.5, 0.6) is 0 Å². The Kier molecular flexibility index (Phi) is 7.45. The quantitative estimate of drug-likeness (QED) is 0.797.